The molecule has 18 heteroatoms. The molecule has 0 fully saturated rings. The lowest BCUT2D eigenvalue weighted by molar-refractivity contribution is -0.769. The molecule has 2 rings (SSSR count). The molecule has 0 aliphatic rings. The number of anilines is 1. The largest absolute Gasteiger partial charge is 0.463 e. The van der Waals surface area contributed by atoms with Crippen LogP contribution in [0, 0.1) is 20.8 Å². The molecule has 1 aromatic heterocycles. The summed E-state index contributed by atoms with van der Waals surface area (Å²) in [5.74, 6) is -1.83. The summed E-state index contributed by atoms with van der Waals surface area (Å²) in [6.07, 6.45) is -1.23. The standard InChI is InChI=1S/C25H32FN5O11S/c1-15(2)23-21(24(16-5-7-17(26)8-6-16)28-25(27-23)30(3)43(4,38)39)10-9-18(32)11-19(33)12-22(34)40-13-20(14-41-29-35)42-31(36)37/h5-10,15,18-20,32-33H,11-14H2,1-4H3/b10-9+/t18-,19?,20?/m1/s1. The van der Waals surface area contributed by atoms with Gasteiger partial charge in [-0.1, -0.05) is 26.0 Å². The highest BCUT2D eigenvalue weighted by atomic mass is 32.2. The number of halogens is 1. The van der Waals surface area contributed by atoms with Gasteiger partial charge in [0.2, 0.25) is 16.0 Å². The van der Waals surface area contributed by atoms with E-state index >= 15 is 0 Å². The highest BCUT2D eigenvalue weighted by Gasteiger charge is 2.23. The molecule has 2 aromatic rings. The molecule has 0 saturated carbocycles. The summed E-state index contributed by atoms with van der Waals surface area (Å²) >= 11 is 0. The summed E-state index contributed by atoms with van der Waals surface area (Å²) in [4.78, 5) is 49.8. The maximum Gasteiger partial charge on any atom is 0.308 e. The second-order valence-corrected chi connectivity index (χ2v) is 11.6. The molecule has 2 unspecified atom stereocenters. The van der Waals surface area contributed by atoms with Gasteiger partial charge in [0.1, 0.15) is 19.0 Å². The van der Waals surface area contributed by atoms with Crippen LogP contribution in [0.1, 0.15) is 43.9 Å². The number of nitrogens with zero attached hydrogens (tertiary/aromatic N) is 5. The van der Waals surface area contributed by atoms with E-state index in [4.69, 9.17) is 4.74 Å². The van der Waals surface area contributed by atoms with Crippen LogP contribution in [-0.2, 0) is 29.2 Å². The zero-order chi connectivity index (χ0) is 32.3. The fourth-order valence-electron chi connectivity index (χ4n) is 3.63. The molecular formula is C25H32FN5O11S. The highest BCUT2D eigenvalue weighted by molar-refractivity contribution is 7.92. The summed E-state index contributed by atoms with van der Waals surface area (Å²) < 4.78 is 43.7. The van der Waals surface area contributed by atoms with Crippen molar-refractivity contribution in [1.82, 2.24) is 9.97 Å². The minimum Gasteiger partial charge on any atom is -0.463 e. The maximum absolute atomic E-state index is 13.6. The Morgan fingerprint density at radius 3 is 2.42 bits per heavy atom. The summed E-state index contributed by atoms with van der Waals surface area (Å²) in [7, 11) is -2.43. The molecule has 0 bridgehead atoms. The van der Waals surface area contributed by atoms with E-state index in [9.17, 15) is 42.8 Å². The summed E-state index contributed by atoms with van der Waals surface area (Å²) in [6, 6.07) is 5.33. The first-order chi connectivity index (χ1) is 20.1. The van der Waals surface area contributed by atoms with Gasteiger partial charge in [0, 0.05) is 24.6 Å². The number of rotatable bonds is 17. The Kier molecular flexibility index (Phi) is 12.8. The molecule has 16 nitrogen and oxygen atoms in total. The van der Waals surface area contributed by atoms with Crippen molar-refractivity contribution in [2.24, 2.45) is 5.34 Å². The predicted molar refractivity (Wildman–Crippen MR) is 150 cm³/mol. The van der Waals surface area contributed by atoms with Crippen molar-refractivity contribution >= 4 is 28.0 Å². The number of carbonyl (C=O) groups excluding carboxylic acids is 1. The maximum atomic E-state index is 13.6. The van der Waals surface area contributed by atoms with Crippen LogP contribution < -0.4 is 4.31 Å². The first-order valence-electron chi connectivity index (χ1n) is 12.7. The van der Waals surface area contributed by atoms with Crippen molar-refractivity contribution in [3.05, 3.63) is 62.4 Å². The van der Waals surface area contributed by atoms with Gasteiger partial charge >= 0.3 is 5.97 Å². The lowest BCUT2D eigenvalue weighted by Gasteiger charge is -2.20. The van der Waals surface area contributed by atoms with E-state index in [1.54, 1.807) is 0 Å². The van der Waals surface area contributed by atoms with Gasteiger partial charge in [-0.15, -0.1) is 15.0 Å². The number of esters is 1. The van der Waals surface area contributed by atoms with E-state index in [-0.39, 0.29) is 24.0 Å². The predicted octanol–water partition coefficient (Wildman–Crippen LogP) is 2.14. The second kappa shape index (κ2) is 15.8. The van der Waals surface area contributed by atoms with Crippen LogP contribution in [0.4, 0.5) is 10.3 Å². The van der Waals surface area contributed by atoms with E-state index in [2.05, 4.69) is 25.0 Å². The van der Waals surface area contributed by atoms with E-state index in [0.717, 1.165) is 10.6 Å². The molecule has 3 atom stereocenters. The summed E-state index contributed by atoms with van der Waals surface area (Å²) in [5.41, 5.74) is 1.54. The van der Waals surface area contributed by atoms with E-state index < -0.39 is 64.8 Å². The molecular weight excluding hydrogens is 597 g/mol. The summed E-state index contributed by atoms with van der Waals surface area (Å²) in [5, 5.41) is 32.2. The SMILES string of the molecule is CC(C)c1nc(N(C)S(C)(=O)=O)nc(-c2ccc(F)cc2)c1/C=C/[C@@H](O)CC(O)CC(=O)OCC(CON=O)O[N+](=O)[O-]. The Morgan fingerprint density at radius 1 is 1.21 bits per heavy atom. The van der Waals surface area contributed by atoms with Crippen LogP contribution in [0.3, 0.4) is 0 Å². The number of aliphatic hydroxyl groups excluding tert-OH is 2. The Morgan fingerprint density at radius 2 is 1.86 bits per heavy atom. The lowest BCUT2D eigenvalue weighted by Crippen LogP contribution is -2.30. The van der Waals surface area contributed by atoms with Gasteiger partial charge in [-0.25, -0.2) is 27.1 Å². The third-order valence-electron chi connectivity index (χ3n) is 5.79. The normalized spacial score (nSPS) is 13.8. The van der Waals surface area contributed by atoms with Gasteiger partial charge in [-0.2, -0.15) is 0 Å². The quantitative estimate of drug-likeness (QED) is 0.111. The zero-order valence-electron chi connectivity index (χ0n) is 23.7. The molecule has 0 amide bonds. The third-order valence-corrected chi connectivity index (χ3v) is 6.94. The first-order valence-corrected chi connectivity index (χ1v) is 14.5. The molecule has 0 aliphatic carbocycles. The second-order valence-electron chi connectivity index (χ2n) is 9.59. The van der Waals surface area contributed by atoms with Gasteiger partial charge in [0.15, 0.2) is 11.4 Å². The van der Waals surface area contributed by atoms with Crippen molar-refractivity contribution in [2.45, 2.75) is 50.9 Å². The van der Waals surface area contributed by atoms with Crippen molar-refractivity contribution in [2.75, 3.05) is 30.8 Å². The minimum atomic E-state index is -3.72. The Bertz CT molecular complexity index is 1410. The van der Waals surface area contributed by atoms with Crippen molar-refractivity contribution in [3.8, 4) is 11.3 Å². The molecule has 2 N–H and O–H groups in total. The number of hydrogen-bond donors (Lipinski definition) is 2. The lowest BCUT2D eigenvalue weighted by atomic mass is 9.97. The minimum absolute atomic E-state index is 0.114. The smallest absolute Gasteiger partial charge is 0.308 e. The van der Waals surface area contributed by atoms with Crippen LogP contribution in [0.25, 0.3) is 17.3 Å². The first kappa shape index (κ1) is 34.9. The van der Waals surface area contributed by atoms with Crippen LogP contribution in [0.2, 0.25) is 0 Å². The van der Waals surface area contributed by atoms with Crippen LogP contribution >= 0.6 is 0 Å². The molecule has 0 aliphatic heterocycles. The molecule has 0 spiro atoms. The number of aromatic nitrogens is 2. The number of carbonyl (C=O) groups is 1. The molecule has 1 heterocycles. The molecule has 0 saturated heterocycles. The van der Waals surface area contributed by atoms with Gasteiger partial charge in [-0.3, -0.25) is 4.79 Å². The number of benzene rings is 1. The number of ether oxygens (including phenoxy) is 1. The number of sulfonamides is 1. The highest BCUT2D eigenvalue weighted by Crippen LogP contribution is 2.31. The Labute approximate surface area is 246 Å². The Balaban J connectivity index is 2.25. The molecule has 236 valence electrons. The average molecular weight is 630 g/mol. The van der Waals surface area contributed by atoms with Gasteiger partial charge in [0.05, 0.1) is 36.3 Å². The average Bonchev–Trinajstić information content (AvgIpc) is 2.92. The van der Waals surface area contributed by atoms with Crippen LogP contribution in [0.5, 0.6) is 0 Å². The molecule has 1 aromatic carbocycles. The van der Waals surface area contributed by atoms with Gasteiger partial charge < -0.3 is 24.6 Å². The monoisotopic (exact) mass is 629 g/mol. The van der Waals surface area contributed by atoms with E-state index in [0.29, 0.717) is 16.8 Å². The topological polar surface area (TPSA) is 221 Å². The van der Waals surface area contributed by atoms with E-state index in [1.165, 1.54) is 43.5 Å². The fraction of sp³-hybridized carbons (Fsp3) is 0.480. The fourth-order valence-corrected chi connectivity index (χ4v) is 4.00. The van der Waals surface area contributed by atoms with Crippen molar-refractivity contribution in [1.29, 1.82) is 0 Å². The van der Waals surface area contributed by atoms with Crippen LogP contribution in [0.15, 0.2) is 35.7 Å². The number of aliphatic hydroxyl groups is 2. The van der Waals surface area contributed by atoms with Gasteiger partial charge in [-0.05, 0) is 30.2 Å². The van der Waals surface area contributed by atoms with E-state index in [1.807, 2.05) is 13.8 Å². The zero-order valence-corrected chi connectivity index (χ0v) is 24.5. The molecule has 0 radical (unpaired) electrons. The van der Waals surface area contributed by atoms with Crippen LogP contribution in [-0.4, -0.2) is 84.5 Å². The molecule has 43 heavy (non-hydrogen) atoms. The Hall–Kier alpha value is -4.29. The number of hydrogen-bond acceptors (Lipinski definition) is 14. The van der Waals surface area contributed by atoms with Gasteiger partial charge in [0.25, 0.3) is 5.09 Å². The third kappa shape index (κ3) is 11.1. The summed E-state index contributed by atoms with van der Waals surface area (Å²) in [6.45, 7) is 2.30. The van der Waals surface area contributed by atoms with Crippen molar-refractivity contribution < 1.29 is 47.3 Å². The van der Waals surface area contributed by atoms with Crippen molar-refractivity contribution in [3.63, 3.8) is 0 Å².